The molecule has 0 spiro atoms. The Morgan fingerprint density at radius 2 is 1.96 bits per heavy atom. The van der Waals surface area contributed by atoms with Crippen LogP contribution in [0.2, 0.25) is 0 Å². The van der Waals surface area contributed by atoms with Crippen molar-refractivity contribution in [1.82, 2.24) is 4.90 Å². The van der Waals surface area contributed by atoms with Crippen molar-refractivity contribution in [3.8, 4) is 0 Å². The summed E-state index contributed by atoms with van der Waals surface area (Å²) in [5.74, 6) is -0.133. The van der Waals surface area contributed by atoms with E-state index in [0.717, 1.165) is 24.1 Å². The van der Waals surface area contributed by atoms with E-state index in [2.05, 4.69) is 0 Å². The second-order valence-electron chi connectivity index (χ2n) is 8.36. The number of aryl methyl sites for hydroxylation is 1. The van der Waals surface area contributed by atoms with E-state index in [4.69, 9.17) is 4.74 Å². The molecule has 0 unspecified atom stereocenters. The highest BCUT2D eigenvalue weighted by molar-refractivity contribution is 5.88. The fourth-order valence-electron chi connectivity index (χ4n) is 3.28. The summed E-state index contributed by atoms with van der Waals surface area (Å²) >= 11 is 0. The van der Waals surface area contributed by atoms with E-state index in [0.29, 0.717) is 11.5 Å². The van der Waals surface area contributed by atoms with E-state index in [1.165, 1.54) is 12.8 Å². The minimum Gasteiger partial charge on any atom is -0.478 e. The predicted octanol–water partition coefficient (Wildman–Crippen LogP) is 4.20. The number of hydrogen-bond donors (Lipinski definition) is 1. The number of nitrogens with zero attached hydrogens (tertiary/aromatic N) is 1. The van der Waals surface area contributed by atoms with E-state index < -0.39 is 11.6 Å². The number of benzene rings is 1. The Kier molecular flexibility index (Phi) is 4.52. The zero-order valence-corrected chi connectivity index (χ0v) is 15.4. The summed E-state index contributed by atoms with van der Waals surface area (Å²) in [6, 6.07) is 5.35. The first-order valence-corrected chi connectivity index (χ1v) is 8.99. The van der Waals surface area contributed by atoms with Crippen molar-refractivity contribution in [2.75, 3.05) is 6.54 Å². The highest BCUT2D eigenvalue weighted by atomic mass is 16.6. The molecule has 1 aromatic carbocycles. The third-order valence-electron chi connectivity index (χ3n) is 4.86. The van der Waals surface area contributed by atoms with Gasteiger partial charge < -0.3 is 14.7 Å². The van der Waals surface area contributed by atoms with E-state index >= 15 is 0 Å². The lowest BCUT2D eigenvalue weighted by atomic mass is 10.0. The molecule has 1 amide bonds. The van der Waals surface area contributed by atoms with E-state index in [1.54, 1.807) is 12.1 Å². The molecule has 136 valence electrons. The fourth-order valence-corrected chi connectivity index (χ4v) is 3.28. The van der Waals surface area contributed by atoms with Gasteiger partial charge in [-0.1, -0.05) is 6.07 Å². The maximum Gasteiger partial charge on any atom is 0.410 e. The van der Waals surface area contributed by atoms with Crippen LogP contribution in [-0.4, -0.2) is 40.3 Å². The van der Waals surface area contributed by atoms with Crippen molar-refractivity contribution in [2.45, 2.75) is 64.5 Å². The van der Waals surface area contributed by atoms with Gasteiger partial charge in [0.15, 0.2) is 0 Å². The molecule has 2 aliphatic rings. The molecule has 0 radical (unpaired) electrons. The highest BCUT2D eigenvalue weighted by Gasteiger charge is 2.48. The van der Waals surface area contributed by atoms with Crippen LogP contribution < -0.4 is 0 Å². The lowest BCUT2D eigenvalue weighted by Crippen LogP contribution is -2.40. The molecule has 5 nitrogen and oxygen atoms in total. The quantitative estimate of drug-likeness (QED) is 0.868. The Bertz CT molecular complexity index is 687. The molecule has 3 rings (SSSR count). The smallest absolute Gasteiger partial charge is 0.410 e. The molecule has 2 saturated carbocycles. The number of ether oxygens (including phenoxy) is 1. The molecular formula is C20H27NO4. The van der Waals surface area contributed by atoms with Crippen molar-refractivity contribution in [1.29, 1.82) is 0 Å². The number of aromatic carboxylic acids is 1. The average molecular weight is 345 g/mol. The first-order valence-electron chi connectivity index (χ1n) is 8.99. The largest absolute Gasteiger partial charge is 0.478 e. The molecule has 2 atom stereocenters. The molecule has 25 heavy (non-hydrogen) atoms. The van der Waals surface area contributed by atoms with Crippen LogP contribution in [0.3, 0.4) is 0 Å². The molecule has 1 N–H and O–H groups in total. The van der Waals surface area contributed by atoms with Crippen molar-refractivity contribution in [2.24, 2.45) is 5.92 Å². The summed E-state index contributed by atoms with van der Waals surface area (Å²) in [6.45, 7) is 8.38. The summed E-state index contributed by atoms with van der Waals surface area (Å²) < 4.78 is 5.60. The standard InChI is InChI=1S/C20H27NO4/c1-12-5-8-14(18(22)23)9-15(12)16-10-17(16)21(11-13-6-7-13)19(24)25-20(2,3)4/h5,8-9,13,16-17H,6-7,10-11H2,1-4H3,(H,22,23)/t16-,17+/m0/s1. The summed E-state index contributed by atoms with van der Waals surface area (Å²) in [7, 11) is 0. The van der Waals surface area contributed by atoms with Crippen molar-refractivity contribution in [3.63, 3.8) is 0 Å². The highest BCUT2D eigenvalue weighted by Crippen LogP contribution is 2.47. The Hall–Kier alpha value is -2.04. The second kappa shape index (κ2) is 6.36. The predicted molar refractivity (Wildman–Crippen MR) is 94.9 cm³/mol. The van der Waals surface area contributed by atoms with E-state index in [9.17, 15) is 14.7 Å². The van der Waals surface area contributed by atoms with Gasteiger partial charge in [0.25, 0.3) is 0 Å². The number of carboxylic acids is 1. The Balaban J connectivity index is 1.77. The zero-order valence-electron chi connectivity index (χ0n) is 15.4. The molecule has 5 heteroatoms. The molecule has 1 aromatic rings. The maximum absolute atomic E-state index is 12.7. The van der Waals surface area contributed by atoms with Crippen molar-refractivity contribution in [3.05, 3.63) is 34.9 Å². The van der Waals surface area contributed by atoms with Gasteiger partial charge in [-0.2, -0.15) is 0 Å². The van der Waals surface area contributed by atoms with E-state index in [1.807, 2.05) is 38.7 Å². The molecule has 0 bridgehead atoms. The number of rotatable bonds is 5. The van der Waals surface area contributed by atoms with Crippen LogP contribution in [0.5, 0.6) is 0 Å². The molecule has 2 aliphatic carbocycles. The summed E-state index contributed by atoms with van der Waals surface area (Å²) in [5.41, 5.74) is 1.90. The minimum atomic E-state index is -0.916. The average Bonchev–Trinajstić information content (AvgIpc) is 3.38. The van der Waals surface area contributed by atoms with Crippen LogP contribution in [0, 0.1) is 12.8 Å². The van der Waals surface area contributed by atoms with Crippen LogP contribution in [0.4, 0.5) is 4.79 Å². The number of amides is 1. The number of carboxylic acid groups (broad SMARTS) is 1. The van der Waals surface area contributed by atoms with Gasteiger partial charge in [-0.3, -0.25) is 0 Å². The molecule has 0 heterocycles. The van der Waals surface area contributed by atoms with Crippen LogP contribution in [-0.2, 0) is 4.74 Å². The summed E-state index contributed by atoms with van der Waals surface area (Å²) in [6.07, 6.45) is 2.96. The Labute approximate surface area is 149 Å². The summed E-state index contributed by atoms with van der Waals surface area (Å²) in [4.78, 5) is 25.8. The first-order chi connectivity index (χ1) is 11.7. The zero-order chi connectivity index (χ0) is 18.4. The van der Waals surface area contributed by atoms with Gasteiger partial charge in [0.2, 0.25) is 0 Å². The van der Waals surface area contributed by atoms with Crippen LogP contribution in [0.15, 0.2) is 18.2 Å². The van der Waals surface area contributed by atoms with Crippen LogP contribution >= 0.6 is 0 Å². The van der Waals surface area contributed by atoms with Gasteiger partial charge in [0.1, 0.15) is 5.60 Å². The monoisotopic (exact) mass is 345 g/mol. The number of carbonyl (C=O) groups excluding carboxylic acids is 1. The van der Waals surface area contributed by atoms with Gasteiger partial charge in [0, 0.05) is 18.5 Å². The third kappa shape index (κ3) is 4.33. The molecule has 2 fully saturated rings. The van der Waals surface area contributed by atoms with Gasteiger partial charge in [0.05, 0.1) is 5.56 Å². The Morgan fingerprint density at radius 1 is 1.28 bits per heavy atom. The topological polar surface area (TPSA) is 66.8 Å². The van der Waals surface area contributed by atoms with Gasteiger partial charge in [-0.25, -0.2) is 9.59 Å². The lowest BCUT2D eigenvalue weighted by molar-refractivity contribution is 0.0220. The number of carbonyl (C=O) groups is 2. The van der Waals surface area contributed by atoms with Crippen molar-refractivity contribution < 1.29 is 19.4 Å². The third-order valence-corrected chi connectivity index (χ3v) is 4.86. The molecule has 0 saturated heterocycles. The maximum atomic E-state index is 12.7. The first kappa shape index (κ1) is 17.8. The lowest BCUT2D eigenvalue weighted by Gasteiger charge is -2.28. The van der Waals surface area contributed by atoms with Crippen LogP contribution in [0.25, 0.3) is 0 Å². The van der Waals surface area contributed by atoms with Crippen molar-refractivity contribution >= 4 is 12.1 Å². The number of hydrogen-bond acceptors (Lipinski definition) is 3. The SMILES string of the molecule is Cc1ccc(C(=O)O)cc1[C@@H]1C[C@H]1N(CC1CC1)C(=O)OC(C)(C)C. The molecule has 0 aromatic heterocycles. The fraction of sp³-hybridized carbons (Fsp3) is 0.600. The van der Waals surface area contributed by atoms with Gasteiger partial charge >= 0.3 is 12.1 Å². The molecular weight excluding hydrogens is 318 g/mol. The van der Waals surface area contributed by atoms with Gasteiger partial charge in [-0.05, 0) is 76.1 Å². The van der Waals surface area contributed by atoms with Crippen LogP contribution in [0.1, 0.15) is 67.4 Å². The normalized spacial score (nSPS) is 22.4. The van der Waals surface area contributed by atoms with E-state index in [-0.39, 0.29) is 18.1 Å². The van der Waals surface area contributed by atoms with Gasteiger partial charge in [-0.15, -0.1) is 0 Å². The minimum absolute atomic E-state index is 0.109. The Morgan fingerprint density at radius 3 is 2.52 bits per heavy atom. The second-order valence-corrected chi connectivity index (χ2v) is 8.36. The molecule has 0 aliphatic heterocycles. The summed E-state index contributed by atoms with van der Waals surface area (Å²) in [5, 5.41) is 9.24.